The minimum absolute atomic E-state index is 0.0270. The number of rotatable bonds is 9. The molecule has 1 rings (SSSR count). The molecule has 0 saturated carbocycles. The molecule has 0 atom stereocenters. The molecule has 0 heterocycles. The fourth-order valence-electron chi connectivity index (χ4n) is 1.79. The van der Waals surface area contributed by atoms with Crippen LogP contribution in [0.2, 0.25) is 0 Å². The van der Waals surface area contributed by atoms with Gasteiger partial charge in [-0.05, 0) is 11.6 Å². The molecule has 1 aromatic carbocycles. The highest BCUT2D eigenvalue weighted by Gasteiger charge is 2.10. The van der Waals surface area contributed by atoms with E-state index in [0.29, 0.717) is 38.2 Å². The largest absolute Gasteiger partial charge is 0.465 e. The first kappa shape index (κ1) is 17.1. The summed E-state index contributed by atoms with van der Waals surface area (Å²) in [5.41, 5.74) is 1.39. The van der Waals surface area contributed by atoms with Gasteiger partial charge in [0.05, 0.1) is 19.3 Å². The van der Waals surface area contributed by atoms with E-state index in [1.807, 2.05) is 12.1 Å². The van der Waals surface area contributed by atoms with Crippen molar-refractivity contribution in [1.29, 1.82) is 0 Å². The van der Waals surface area contributed by atoms with Crippen molar-refractivity contribution in [1.82, 2.24) is 10.6 Å². The summed E-state index contributed by atoms with van der Waals surface area (Å²) in [5, 5.41) is 5.89. The normalized spacial score (nSPS) is 10.2. The maximum absolute atomic E-state index is 11.6. The van der Waals surface area contributed by atoms with E-state index in [4.69, 9.17) is 9.47 Å². The van der Waals surface area contributed by atoms with Crippen molar-refractivity contribution in [3.63, 3.8) is 0 Å². The first-order valence-corrected chi connectivity index (χ1v) is 6.81. The highest BCUT2D eigenvalue weighted by atomic mass is 16.5. The zero-order valence-corrected chi connectivity index (χ0v) is 12.5. The Morgan fingerprint density at radius 2 is 1.90 bits per heavy atom. The van der Waals surface area contributed by atoms with E-state index >= 15 is 0 Å². The third-order valence-corrected chi connectivity index (χ3v) is 2.90. The Balaban J connectivity index is 2.33. The summed E-state index contributed by atoms with van der Waals surface area (Å²) in [4.78, 5) is 23.1. The Bertz CT molecular complexity index is 463. The summed E-state index contributed by atoms with van der Waals surface area (Å²) in [6, 6.07) is 7.23. The molecule has 21 heavy (non-hydrogen) atoms. The Morgan fingerprint density at radius 3 is 2.62 bits per heavy atom. The van der Waals surface area contributed by atoms with E-state index in [0.717, 1.165) is 5.56 Å². The minimum Gasteiger partial charge on any atom is -0.465 e. The summed E-state index contributed by atoms with van der Waals surface area (Å²) in [7, 11) is 2.95. The second-order valence-electron chi connectivity index (χ2n) is 4.42. The average molecular weight is 294 g/mol. The van der Waals surface area contributed by atoms with Crippen LogP contribution in [-0.4, -0.2) is 45.8 Å². The molecule has 2 N–H and O–H groups in total. The zero-order chi connectivity index (χ0) is 15.5. The van der Waals surface area contributed by atoms with Crippen molar-refractivity contribution in [2.24, 2.45) is 0 Å². The van der Waals surface area contributed by atoms with Crippen LogP contribution in [0.5, 0.6) is 0 Å². The van der Waals surface area contributed by atoms with Crippen molar-refractivity contribution in [2.75, 3.05) is 33.9 Å². The predicted molar refractivity (Wildman–Crippen MR) is 79.0 cm³/mol. The van der Waals surface area contributed by atoms with Crippen LogP contribution in [0.1, 0.15) is 22.3 Å². The molecule has 0 unspecified atom stereocenters. The molecule has 0 fully saturated rings. The van der Waals surface area contributed by atoms with Gasteiger partial charge in [-0.2, -0.15) is 0 Å². The lowest BCUT2D eigenvalue weighted by Gasteiger charge is -2.09. The van der Waals surface area contributed by atoms with Gasteiger partial charge in [-0.3, -0.25) is 4.79 Å². The molecule has 0 spiro atoms. The smallest absolute Gasteiger partial charge is 0.338 e. The van der Waals surface area contributed by atoms with E-state index < -0.39 is 0 Å². The topological polar surface area (TPSA) is 76.7 Å². The second kappa shape index (κ2) is 9.90. The van der Waals surface area contributed by atoms with Gasteiger partial charge in [0, 0.05) is 33.2 Å². The SMILES string of the molecule is COCCNC(=O)CCNCc1ccccc1C(=O)OC. The molecule has 6 heteroatoms. The van der Waals surface area contributed by atoms with Crippen LogP contribution in [-0.2, 0) is 20.8 Å². The van der Waals surface area contributed by atoms with Gasteiger partial charge < -0.3 is 20.1 Å². The first-order valence-electron chi connectivity index (χ1n) is 6.81. The quantitative estimate of drug-likeness (QED) is 0.518. The fourth-order valence-corrected chi connectivity index (χ4v) is 1.79. The summed E-state index contributed by atoms with van der Waals surface area (Å²) in [5.74, 6) is -0.384. The Kier molecular flexibility index (Phi) is 8.08. The van der Waals surface area contributed by atoms with E-state index in [9.17, 15) is 9.59 Å². The number of hydrogen-bond acceptors (Lipinski definition) is 5. The van der Waals surface area contributed by atoms with E-state index in [1.165, 1.54) is 7.11 Å². The maximum atomic E-state index is 11.6. The van der Waals surface area contributed by atoms with Gasteiger partial charge in [-0.15, -0.1) is 0 Å². The fraction of sp³-hybridized carbons (Fsp3) is 0.467. The lowest BCUT2D eigenvalue weighted by molar-refractivity contribution is -0.121. The third-order valence-electron chi connectivity index (χ3n) is 2.90. The molecule has 1 aromatic rings. The molecule has 0 saturated heterocycles. The molecule has 0 radical (unpaired) electrons. The number of hydrogen-bond donors (Lipinski definition) is 2. The number of carbonyl (C=O) groups is 2. The molecule has 0 bridgehead atoms. The van der Waals surface area contributed by atoms with Crippen LogP contribution >= 0.6 is 0 Å². The zero-order valence-electron chi connectivity index (χ0n) is 12.5. The number of ether oxygens (including phenoxy) is 2. The Labute approximate surface area is 124 Å². The number of amides is 1. The molecule has 0 aliphatic heterocycles. The molecule has 1 amide bonds. The van der Waals surface area contributed by atoms with Gasteiger partial charge >= 0.3 is 5.97 Å². The van der Waals surface area contributed by atoms with Gasteiger partial charge in [0.15, 0.2) is 0 Å². The molecule has 116 valence electrons. The van der Waals surface area contributed by atoms with Crippen molar-refractivity contribution < 1.29 is 19.1 Å². The van der Waals surface area contributed by atoms with Crippen LogP contribution in [0.4, 0.5) is 0 Å². The van der Waals surface area contributed by atoms with E-state index in [1.54, 1.807) is 19.2 Å². The van der Waals surface area contributed by atoms with Gasteiger partial charge in [-0.25, -0.2) is 4.79 Å². The highest BCUT2D eigenvalue weighted by Crippen LogP contribution is 2.09. The van der Waals surface area contributed by atoms with Crippen LogP contribution in [0.3, 0.4) is 0 Å². The average Bonchev–Trinajstić information content (AvgIpc) is 2.51. The van der Waals surface area contributed by atoms with E-state index in [-0.39, 0.29) is 11.9 Å². The van der Waals surface area contributed by atoms with Gasteiger partial charge in [0.25, 0.3) is 0 Å². The first-order chi connectivity index (χ1) is 10.2. The number of nitrogens with one attached hydrogen (secondary N) is 2. The van der Waals surface area contributed by atoms with Crippen LogP contribution in [0.15, 0.2) is 24.3 Å². The summed E-state index contributed by atoms with van der Waals surface area (Å²) < 4.78 is 9.58. The van der Waals surface area contributed by atoms with Crippen molar-refractivity contribution in [3.05, 3.63) is 35.4 Å². The van der Waals surface area contributed by atoms with Crippen molar-refractivity contribution in [2.45, 2.75) is 13.0 Å². The Hall–Kier alpha value is -1.92. The Morgan fingerprint density at radius 1 is 1.14 bits per heavy atom. The van der Waals surface area contributed by atoms with Crippen LogP contribution in [0.25, 0.3) is 0 Å². The number of carbonyl (C=O) groups excluding carboxylic acids is 2. The van der Waals surface area contributed by atoms with Gasteiger partial charge in [0.1, 0.15) is 0 Å². The monoisotopic (exact) mass is 294 g/mol. The lowest BCUT2D eigenvalue weighted by atomic mass is 10.1. The predicted octanol–water partition coefficient (Wildman–Crippen LogP) is 0.716. The standard InChI is InChI=1S/C15H22N2O4/c1-20-10-9-17-14(18)7-8-16-11-12-5-3-4-6-13(12)15(19)21-2/h3-6,16H,7-11H2,1-2H3,(H,17,18). The molecule has 6 nitrogen and oxygen atoms in total. The van der Waals surface area contributed by atoms with Gasteiger partial charge in [0.2, 0.25) is 5.91 Å². The molecule has 0 aromatic heterocycles. The van der Waals surface area contributed by atoms with Crippen LogP contribution < -0.4 is 10.6 Å². The molecule has 0 aliphatic carbocycles. The number of methoxy groups -OCH3 is 2. The highest BCUT2D eigenvalue weighted by molar-refractivity contribution is 5.90. The number of esters is 1. The molecule has 0 aliphatic rings. The van der Waals surface area contributed by atoms with Crippen molar-refractivity contribution >= 4 is 11.9 Å². The second-order valence-corrected chi connectivity index (χ2v) is 4.42. The molecular weight excluding hydrogens is 272 g/mol. The maximum Gasteiger partial charge on any atom is 0.338 e. The summed E-state index contributed by atoms with van der Waals surface area (Å²) in [6.07, 6.45) is 0.379. The molecular formula is C15H22N2O4. The number of benzene rings is 1. The van der Waals surface area contributed by atoms with Crippen LogP contribution in [0, 0.1) is 0 Å². The summed E-state index contributed by atoms with van der Waals surface area (Å²) in [6.45, 7) is 2.07. The van der Waals surface area contributed by atoms with E-state index in [2.05, 4.69) is 10.6 Å². The summed E-state index contributed by atoms with van der Waals surface area (Å²) >= 11 is 0. The lowest BCUT2D eigenvalue weighted by Crippen LogP contribution is -2.30. The van der Waals surface area contributed by atoms with Crippen molar-refractivity contribution in [3.8, 4) is 0 Å². The van der Waals surface area contributed by atoms with Gasteiger partial charge in [-0.1, -0.05) is 18.2 Å². The third kappa shape index (κ3) is 6.37. The minimum atomic E-state index is -0.357.